The largest absolute Gasteiger partial charge is 0.397 e. The summed E-state index contributed by atoms with van der Waals surface area (Å²) in [6, 6.07) is 12.0. The van der Waals surface area contributed by atoms with Gasteiger partial charge in [-0.05, 0) is 37.3 Å². The summed E-state index contributed by atoms with van der Waals surface area (Å²) in [4.78, 5) is 11.8. The number of carbonyl (C=O) groups is 1. The third-order valence-corrected chi connectivity index (χ3v) is 2.81. The van der Waals surface area contributed by atoms with Gasteiger partial charge in [0.25, 0.3) is 0 Å². The van der Waals surface area contributed by atoms with Gasteiger partial charge in [0, 0.05) is 10.7 Å². The molecule has 5 heteroatoms. The highest BCUT2D eigenvalue weighted by Gasteiger charge is 2.06. The molecule has 0 unspecified atom stereocenters. The van der Waals surface area contributed by atoms with Crippen molar-refractivity contribution < 1.29 is 4.79 Å². The van der Waals surface area contributed by atoms with Gasteiger partial charge in [-0.2, -0.15) is 0 Å². The maximum Gasteiger partial charge on any atom is 0.323 e. The summed E-state index contributed by atoms with van der Waals surface area (Å²) in [7, 11) is 0. The molecule has 0 aliphatic rings. The van der Waals surface area contributed by atoms with Crippen LogP contribution in [0.2, 0.25) is 5.02 Å². The fraction of sp³-hybridized carbons (Fsp3) is 0.0714. The van der Waals surface area contributed by atoms with Crippen LogP contribution in [-0.2, 0) is 0 Å². The Morgan fingerprint density at radius 2 is 1.79 bits per heavy atom. The Morgan fingerprint density at radius 1 is 1.11 bits per heavy atom. The smallest absolute Gasteiger partial charge is 0.323 e. The van der Waals surface area contributed by atoms with E-state index < -0.39 is 0 Å². The molecule has 0 atom stereocenters. The van der Waals surface area contributed by atoms with Crippen LogP contribution in [-0.4, -0.2) is 6.03 Å². The first-order valence-electron chi connectivity index (χ1n) is 5.74. The van der Waals surface area contributed by atoms with Gasteiger partial charge in [0.15, 0.2) is 0 Å². The number of carbonyl (C=O) groups excluding carboxylic acids is 1. The number of benzene rings is 2. The molecule has 0 radical (unpaired) electrons. The molecule has 0 aromatic heterocycles. The fourth-order valence-electron chi connectivity index (χ4n) is 1.56. The predicted molar refractivity (Wildman–Crippen MR) is 79.7 cm³/mol. The van der Waals surface area contributed by atoms with E-state index in [0.29, 0.717) is 22.1 Å². The fourth-order valence-corrected chi connectivity index (χ4v) is 1.73. The number of nitrogens with two attached hydrogens (primary N) is 1. The number of aryl methyl sites for hydroxylation is 1. The molecule has 4 nitrogen and oxygen atoms in total. The molecule has 0 bridgehead atoms. The second kappa shape index (κ2) is 5.63. The maximum absolute atomic E-state index is 11.8. The van der Waals surface area contributed by atoms with E-state index in [2.05, 4.69) is 10.6 Å². The van der Waals surface area contributed by atoms with Gasteiger partial charge < -0.3 is 16.4 Å². The Kier molecular flexibility index (Phi) is 3.92. The van der Waals surface area contributed by atoms with Crippen molar-refractivity contribution in [3.8, 4) is 0 Å². The number of hydrogen-bond acceptors (Lipinski definition) is 2. The van der Waals surface area contributed by atoms with E-state index in [-0.39, 0.29) is 6.03 Å². The highest BCUT2D eigenvalue weighted by atomic mass is 35.5. The average molecular weight is 276 g/mol. The zero-order valence-corrected chi connectivity index (χ0v) is 11.2. The second-order valence-corrected chi connectivity index (χ2v) is 4.61. The Labute approximate surface area is 116 Å². The molecule has 2 rings (SSSR count). The first-order valence-corrected chi connectivity index (χ1v) is 6.12. The van der Waals surface area contributed by atoms with Crippen LogP contribution < -0.4 is 16.4 Å². The van der Waals surface area contributed by atoms with E-state index >= 15 is 0 Å². The second-order valence-electron chi connectivity index (χ2n) is 4.18. The topological polar surface area (TPSA) is 67.2 Å². The lowest BCUT2D eigenvalue weighted by molar-refractivity contribution is 0.262. The first kappa shape index (κ1) is 13.2. The van der Waals surface area contributed by atoms with Gasteiger partial charge in [-0.1, -0.05) is 29.3 Å². The van der Waals surface area contributed by atoms with E-state index in [4.69, 9.17) is 17.3 Å². The third-order valence-electron chi connectivity index (χ3n) is 2.57. The molecule has 0 saturated heterocycles. The number of anilines is 3. The molecule has 2 amide bonds. The maximum atomic E-state index is 11.8. The Hall–Kier alpha value is -2.20. The lowest BCUT2D eigenvalue weighted by Gasteiger charge is -2.10. The standard InChI is InChI=1S/C14H14ClN3O/c1-9-2-5-11(6-3-9)17-14(19)18-13-8-10(15)4-7-12(13)16/h2-8H,16H2,1H3,(H2,17,18,19). The molecule has 0 aliphatic heterocycles. The summed E-state index contributed by atoms with van der Waals surface area (Å²) in [5, 5.41) is 5.88. The third kappa shape index (κ3) is 3.63. The quantitative estimate of drug-likeness (QED) is 0.728. The molecule has 0 aliphatic carbocycles. The molecular formula is C14H14ClN3O. The van der Waals surface area contributed by atoms with Crippen LogP contribution in [0.3, 0.4) is 0 Å². The Balaban J connectivity index is 2.05. The summed E-state index contributed by atoms with van der Waals surface area (Å²) >= 11 is 5.85. The Bertz CT molecular complexity index is 596. The number of halogens is 1. The molecule has 0 saturated carbocycles. The summed E-state index contributed by atoms with van der Waals surface area (Å²) in [5.41, 5.74) is 8.54. The van der Waals surface area contributed by atoms with Crippen LogP contribution in [0.15, 0.2) is 42.5 Å². The normalized spacial score (nSPS) is 10.0. The van der Waals surface area contributed by atoms with Gasteiger partial charge in [0.2, 0.25) is 0 Å². The minimum absolute atomic E-state index is 0.363. The molecule has 4 N–H and O–H groups in total. The molecule has 98 valence electrons. The number of nitrogen functional groups attached to an aromatic ring is 1. The van der Waals surface area contributed by atoms with Crippen molar-refractivity contribution in [3.05, 3.63) is 53.1 Å². The molecule has 0 fully saturated rings. The zero-order chi connectivity index (χ0) is 13.8. The van der Waals surface area contributed by atoms with Crippen LogP contribution in [0.1, 0.15) is 5.56 Å². The summed E-state index contributed by atoms with van der Waals surface area (Å²) in [6.07, 6.45) is 0. The summed E-state index contributed by atoms with van der Waals surface area (Å²) in [6.45, 7) is 1.98. The monoisotopic (exact) mass is 275 g/mol. The lowest BCUT2D eigenvalue weighted by atomic mass is 10.2. The molecule has 0 heterocycles. The number of nitrogens with one attached hydrogen (secondary N) is 2. The molecule has 2 aromatic carbocycles. The van der Waals surface area contributed by atoms with E-state index in [9.17, 15) is 4.79 Å². The zero-order valence-electron chi connectivity index (χ0n) is 10.4. The van der Waals surface area contributed by atoms with E-state index in [0.717, 1.165) is 5.56 Å². The van der Waals surface area contributed by atoms with Crippen LogP contribution in [0.4, 0.5) is 21.9 Å². The van der Waals surface area contributed by atoms with Crippen molar-refractivity contribution in [2.45, 2.75) is 6.92 Å². The van der Waals surface area contributed by atoms with E-state index in [1.165, 1.54) is 0 Å². The molecule has 19 heavy (non-hydrogen) atoms. The highest BCUT2D eigenvalue weighted by molar-refractivity contribution is 6.31. The van der Waals surface area contributed by atoms with Crippen molar-refractivity contribution >= 4 is 34.7 Å². The van der Waals surface area contributed by atoms with Gasteiger partial charge in [-0.3, -0.25) is 0 Å². The van der Waals surface area contributed by atoms with Crippen molar-refractivity contribution in [1.82, 2.24) is 0 Å². The Morgan fingerprint density at radius 3 is 2.47 bits per heavy atom. The summed E-state index contributed by atoms with van der Waals surface area (Å²) in [5.74, 6) is 0. The van der Waals surface area contributed by atoms with Gasteiger partial charge in [-0.15, -0.1) is 0 Å². The predicted octanol–water partition coefficient (Wildman–Crippen LogP) is 3.87. The minimum Gasteiger partial charge on any atom is -0.397 e. The molecule has 0 spiro atoms. The van der Waals surface area contributed by atoms with Crippen molar-refractivity contribution in [2.24, 2.45) is 0 Å². The molecule has 2 aromatic rings. The summed E-state index contributed by atoms with van der Waals surface area (Å²) < 4.78 is 0. The van der Waals surface area contributed by atoms with E-state index in [1.54, 1.807) is 18.2 Å². The van der Waals surface area contributed by atoms with Crippen LogP contribution in [0.25, 0.3) is 0 Å². The SMILES string of the molecule is Cc1ccc(NC(=O)Nc2cc(Cl)ccc2N)cc1. The first-order chi connectivity index (χ1) is 9.04. The number of hydrogen-bond donors (Lipinski definition) is 3. The lowest BCUT2D eigenvalue weighted by Crippen LogP contribution is -2.20. The number of amides is 2. The number of rotatable bonds is 2. The van der Waals surface area contributed by atoms with Crippen LogP contribution >= 0.6 is 11.6 Å². The number of urea groups is 1. The van der Waals surface area contributed by atoms with Crippen LogP contribution in [0, 0.1) is 6.92 Å². The minimum atomic E-state index is -0.363. The van der Waals surface area contributed by atoms with Crippen molar-refractivity contribution in [1.29, 1.82) is 0 Å². The van der Waals surface area contributed by atoms with Crippen molar-refractivity contribution in [2.75, 3.05) is 16.4 Å². The average Bonchev–Trinajstić information content (AvgIpc) is 2.37. The van der Waals surface area contributed by atoms with Gasteiger partial charge in [-0.25, -0.2) is 4.79 Å². The van der Waals surface area contributed by atoms with Gasteiger partial charge in [0.05, 0.1) is 11.4 Å². The van der Waals surface area contributed by atoms with Gasteiger partial charge >= 0.3 is 6.03 Å². The highest BCUT2D eigenvalue weighted by Crippen LogP contribution is 2.23. The molecular weight excluding hydrogens is 262 g/mol. The van der Waals surface area contributed by atoms with Crippen molar-refractivity contribution in [3.63, 3.8) is 0 Å². The van der Waals surface area contributed by atoms with Crippen LogP contribution in [0.5, 0.6) is 0 Å². The van der Waals surface area contributed by atoms with E-state index in [1.807, 2.05) is 31.2 Å². The van der Waals surface area contributed by atoms with Gasteiger partial charge in [0.1, 0.15) is 0 Å².